The van der Waals surface area contributed by atoms with Crippen molar-refractivity contribution in [3.8, 4) is 0 Å². The van der Waals surface area contributed by atoms with Gasteiger partial charge >= 0.3 is 0 Å². The Morgan fingerprint density at radius 2 is 2.00 bits per heavy atom. The van der Waals surface area contributed by atoms with Crippen molar-refractivity contribution >= 4 is 0 Å². The summed E-state index contributed by atoms with van der Waals surface area (Å²) in [6.07, 6.45) is 2.57. The van der Waals surface area contributed by atoms with Crippen LogP contribution in [0, 0.1) is 5.41 Å². The van der Waals surface area contributed by atoms with Crippen LogP contribution in [0.2, 0.25) is 0 Å². The van der Waals surface area contributed by atoms with Crippen molar-refractivity contribution in [2.24, 2.45) is 5.41 Å². The topological polar surface area (TPSA) is 12.0 Å². The Balaban J connectivity index is 0.000000231. The van der Waals surface area contributed by atoms with Gasteiger partial charge in [-0.15, -0.1) is 0 Å². The van der Waals surface area contributed by atoms with Crippen LogP contribution in [-0.2, 0) is 0 Å². The van der Waals surface area contributed by atoms with E-state index in [1.165, 1.54) is 12.8 Å². The molecule has 10 heavy (non-hydrogen) atoms. The van der Waals surface area contributed by atoms with E-state index < -0.39 is 6.30 Å². The summed E-state index contributed by atoms with van der Waals surface area (Å²) in [4.78, 5) is 0. The monoisotopic (exact) mass is 145 g/mol. The van der Waals surface area contributed by atoms with E-state index in [0.29, 0.717) is 5.41 Å². The molecule has 2 rings (SSSR count). The van der Waals surface area contributed by atoms with Crippen LogP contribution in [0.1, 0.15) is 33.1 Å². The zero-order valence-corrected chi connectivity index (χ0v) is 6.78. The predicted octanol–water partition coefficient (Wildman–Crippen LogP) is 2.08. The van der Waals surface area contributed by atoms with Gasteiger partial charge in [0.05, 0.1) is 0 Å². The Morgan fingerprint density at radius 1 is 1.40 bits per heavy atom. The first-order chi connectivity index (χ1) is 4.81. The average Bonchev–Trinajstić information content (AvgIpc) is 2.60. The Bertz CT molecular complexity index is 110. The Kier molecular flexibility index (Phi) is 2.29. The summed E-state index contributed by atoms with van der Waals surface area (Å²) in [5, 5.41) is 2.81. The van der Waals surface area contributed by atoms with Gasteiger partial charge in [0.25, 0.3) is 0 Å². The van der Waals surface area contributed by atoms with E-state index in [0.717, 1.165) is 13.0 Å². The predicted molar refractivity (Wildman–Crippen MR) is 40.5 cm³/mol. The average molecular weight is 145 g/mol. The van der Waals surface area contributed by atoms with Crippen molar-refractivity contribution in [1.29, 1.82) is 0 Å². The van der Waals surface area contributed by atoms with Gasteiger partial charge in [-0.25, -0.2) is 4.39 Å². The Hall–Kier alpha value is -0.110. The molecule has 1 nitrogen and oxygen atoms in total. The van der Waals surface area contributed by atoms with Crippen molar-refractivity contribution in [1.82, 2.24) is 5.32 Å². The third-order valence-corrected chi connectivity index (χ3v) is 2.27. The summed E-state index contributed by atoms with van der Waals surface area (Å²) in [5.74, 6) is 0. The second-order valence-corrected chi connectivity index (χ2v) is 3.05. The normalized spacial score (nSPS) is 33.3. The number of rotatable bonds is 0. The SMILES string of the molecule is CC.FC1CC2(CC2)CN1. The molecule has 1 aliphatic heterocycles. The van der Waals surface area contributed by atoms with Crippen LogP contribution in [-0.4, -0.2) is 12.8 Å². The lowest BCUT2D eigenvalue weighted by molar-refractivity contribution is 0.301. The van der Waals surface area contributed by atoms with Crippen molar-refractivity contribution < 1.29 is 4.39 Å². The lowest BCUT2D eigenvalue weighted by Crippen LogP contribution is -2.15. The fourth-order valence-electron chi connectivity index (χ4n) is 1.41. The van der Waals surface area contributed by atoms with Crippen molar-refractivity contribution in [2.45, 2.75) is 39.4 Å². The maximum absolute atomic E-state index is 12.3. The van der Waals surface area contributed by atoms with Crippen LogP contribution in [0.25, 0.3) is 0 Å². The second kappa shape index (κ2) is 2.87. The summed E-state index contributed by atoms with van der Waals surface area (Å²) in [7, 11) is 0. The van der Waals surface area contributed by atoms with Crippen LogP contribution < -0.4 is 5.32 Å². The van der Waals surface area contributed by atoms with Gasteiger partial charge in [0, 0.05) is 6.54 Å². The van der Waals surface area contributed by atoms with Crippen LogP contribution in [0.15, 0.2) is 0 Å². The number of hydrogen-bond acceptors (Lipinski definition) is 1. The summed E-state index contributed by atoms with van der Waals surface area (Å²) >= 11 is 0. The molecule has 0 aromatic carbocycles. The zero-order chi connectivity index (χ0) is 7.61. The Morgan fingerprint density at radius 3 is 2.20 bits per heavy atom. The van der Waals surface area contributed by atoms with Crippen LogP contribution in [0.5, 0.6) is 0 Å². The lowest BCUT2D eigenvalue weighted by atomic mass is 10.1. The van der Waals surface area contributed by atoms with Gasteiger partial charge in [-0.1, -0.05) is 13.8 Å². The fraction of sp³-hybridized carbons (Fsp3) is 1.00. The first kappa shape index (κ1) is 7.99. The highest BCUT2D eigenvalue weighted by Crippen LogP contribution is 2.51. The summed E-state index contributed by atoms with van der Waals surface area (Å²) in [6.45, 7) is 4.92. The molecule has 1 unspecified atom stereocenters. The van der Waals surface area contributed by atoms with E-state index >= 15 is 0 Å². The smallest absolute Gasteiger partial charge is 0.151 e. The molecular formula is C8H16FN. The van der Waals surface area contributed by atoms with Crippen LogP contribution in [0.3, 0.4) is 0 Å². The summed E-state index contributed by atoms with van der Waals surface area (Å²) in [6, 6.07) is 0. The molecule has 1 spiro atoms. The van der Waals surface area contributed by atoms with Crippen molar-refractivity contribution in [3.63, 3.8) is 0 Å². The molecule has 2 heteroatoms. The van der Waals surface area contributed by atoms with E-state index in [4.69, 9.17) is 0 Å². The van der Waals surface area contributed by atoms with E-state index in [1.54, 1.807) is 0 Å². The van der Waals surface area contributed by atoms with Gasteiger partial charge < -0.3 is 0 Å². The van der Waals surface area contributed by atoms with Crippen molar-refractivity contribution in [2.75, 3.05) is 6.54 Å². The largest absolute Gasteiger partial charge is 0.287 e. The van der Waals surface area contributed by atoms with Crippen LogP contribution in [0.4, 0.5) is 4.39 Å². The molecule has 1 saturated heterocycles. The zero-order valence-electron chi connectivity index (χ0n) is 6.78. The highest BCUT2D eigenvalue weighted by Gasteiger charge is 2.48. The summed E-state index contributed by atoms with van der Waals surface area (Å²) < 4.78 is 12.3. The van der Waals surface area contributed by atoms with E-state index in [9.17, 15) is 4.39 Å². The van der Waals surface area contributed by atoms with Gasteiger partial charge in [0.15, 0.2) is 6.30 Å². The van der Waals surface area contributed by atoms with E-state index in [-0.39, 0.29) is 0 Å². The fourth-order valence-corrected chi connectivity index (χ4v) is 1.41. The molecule has 1 atom stereocenters. The molecule has 1 aliphatic carbocycles. The number of nitrogens with one attached hydrogen (secondary N) is 1. The third kappa shape index (κ3) is 1.48. The molecular weight excluding hydrogens is 129 g/mol. The minimum absolute atomic E-state index is 0.430. The van der Waals surface area contributed by atoms with Gasteiger partial charge in [0.1, 0.15) is 0 Å². The molecule has 60 valence electrons. The second-order valence-electron chi connectivity index (χ2n) is 3.05. The first-order valence-electron chi connectivity index (χ1n) is 4.18. The number of alkyl halides is 1. The lowest BCUT2D eigenvalue weighted by Gasteiger charge is -1.97. The van der Waals surface area contributed by atoms with Gasteiger partial charge in [0.2, 0.25) is 0 Å². The molecule has 1 saturated carbocycles. The van der Waals surface area contributed by atoms with Gasteiger partial charge in [-0.3, -0.25) is 5.32 Å². The standard InChI is InChI=1S/C6H10FN.C2H6/c7-5-3-6(1-2-6)4-8-5;1-2/h5,8H,1-4H2;1-2H3. The molecule has 0 aromatic heterocycles. The maximum Gasteiger partial charge on any atom is 0.151 e. The Labute approximate surface area is 62.0 Å². The molecule has 0 amide bonds. The quantitative estimate of drug-likeness (QED) is 0.515. The minimum atomic E-state index is -0.697. The minimum Gasteiger partial charge on any atom is -0.287 e. The van der Waals surface area contributed by atoms with Gasteiger partial charge in [-0.05, 0) is 24.7 Å². The molecule has 0 bridgehead atoms. The molecule has 0 aromatic rings. The molecule has 2 fully saturated rings. The number of hydrogen-bond donors (Lipinski definition) is 1. The van der Waals surface area contributed by atoms with E-state index in [2.05, 4.69) is 5.32 Å². The molecule has 1 heterocycles. The van der Waals surface area contributed by atoms with Crippen LogP contribution >= 0.6 is 0 Å². The maximum atomic E-state index is 12.3. The summed E-state index contributed by atoms with van der Waals surface area (Å²) in [5.41, 5.74) is 0.430. The first-order valence-corrected chi connectivity index (χ1v) is 4.18. The molecule has 2 aliphatic rings. The van der Waals surface area contributed by atoms with Gasteiger partial charge in [-0.2, -0.15) is 0 Å². The number of halogens is 1. The molecule has 1 N–H and O–H groups in total. The highest BCUT2D eigenvalue weighted by atomic mass is 19.1. The van der Waals surface area contributed by atoms with E-state index in [1.807, 2.05) is 13.8 Å². The molecule has 0 radical (unpaired) electrons. The highest BCUT2D eigenvalue weighted by molar-refractivity contribution is 5.00. The van der Waals surface area contributed by atoms with Crippen molar-refractivity contribution in [3.05, 3.63) is 0 Å². The third-order valence-electron chi connectivity index (χ3n) is 2.27.